The number of carboxylic acid groups (broad SMARTS) is 1. The number of unbranched alkanes of at least 4 members (excludes halogenated alkanes) is 11. The van der Waals surface area contributed by atoms with Crippen LogP contribution in [-0.4, -0.2) is 150 Å². The summed E-state index contributed by atoms with van der Waals surface area (Å²) in [6.07, 6.45) is 17.4. The minimum atomic E-state index is -0.954. The highest BCUT2D eigenvalue weighted by Gasteiger charge is 1.97. The highest BCUT2D eigenvalue weighted by molar-refractivity contribution is 5.66. The molecule has 14 heteroatoms. The summed E-state index contributed by atoms with van der Waals surface area (Å²) in [5.41, 5.74) is 0. The van der Waals surface area contributed by atoms with Crippen molar-refractivity contribution in [2.75, 3.05) is 52.9 Å². The number of aliphatic hydroxyl groups is 12. The molecule has 14 nitrogen and oxygen atoms in total. The lowest BCUT2D eigenvalue weighted by Crippen LogP contribution is -2.15. The number of hydrogen-bond donors (Lipinski definition) is 13. The van der Waals surface area contributed by atoms with Crippen LogP contribution in [-0.2, 0) is 4.79 Å². The Kier molecular flexibility index (Phi) is 57.8. The third kappa shape index (κ3) is 63.9. The molecule has 0 radical (unpaired) electrons. The molecular weight excluding hydrogens is 584 g/mol. The van der Waals surface area contributed by atoms with Gasteiger partial charge in [-0.2, -0.15) is 0 Å². The van der Waals surface area contributed by atoms with Crippen molar-refractivity contribution in [2.45, 2.75) is 121 Å². The van der Waals surface area contributed by atoms with Gasteiger partial charge in [0.05, 0.1) is 52.9 Å². The fourth-order valence-electron chi connectivity index (χ4n) is 2.58. The molecule has 0 aliphatic rings. The van der Waals surface area contributed by atoms with Gasteiger partial charge in [-0.1, -0.05) is 70.4 Å². The van der Waals surface area contributed by atoms with Crippen molar-refractivity contribution in [3.63, 3.8) is 0 Å². The highest BCUT2D eigenvalue weighted by atomic mass is 16.4. The van der Waals surface area contributed by atoms with Crippen molar-refractivity contribution in [3.05, 3.63) is 12.2 Å². The van der Waals surface area contributed by atoms with Crippen molar-refractivity contribution in [3.8, 4) is 0 Å². The van der Waals surface area contributed by atoms with Gasteiger partial charge in [0.25, 0.3) is 0 Å². The molecular formula is C30H66O14. The Hall–Kier alpha value is -1.27. The normalized spacial score (nSPS) is 10.6. The predicted molar refractivity (Wildman–Crippen MR) is 168 cm³/mol. The molecule has 0 bridgehead atoms. The summed E-state index contributed by atoms with van der Waals surface area (Å²) in [7, 11) is 0. The molecule has 0 saturated carbocycles. The highest BCUT2D eigenvalue weighted by Crippen LogP contribution is 2.09. The number of hydrogen-bond acceptors (Lipinski definition) is 13. The van der Waals surface area contributed by atoms with E-state index in [1.54, 1.807) is 0 Å². The number of aliphatic carboxylic acids is 1. The third-order valence-corrected chi connectivity index (χ3v) is 5.34. The van der Waals surface area contributed by atoms with Gasteiger partial charge in [-0.15, -0.1) is 0 Å². The monoisotopic (exact) mass is 650 g/mol. The lowest BCUT2D eigenvalue weighted by atomic mass is 10.1. The van der Waals surface area contributed by atoms with Gasteiger partial charge in [0.1, 0.15) is 24.4 Å². The van der Waals surface area contributed by atoms with E-state index in [0.29, 0.717) is 6.42 Å². The van der Waals surface area contributed by atoms with E-state index in [1.165, 1.54) is 70.6 Å². The first-order chi connectivity index (χ1) is 21.0. The van der Waals surface area contributed by atoms with Gasteiger partial charge in [-0.25, -0.2) is 0 Å². The zero-order chi connectivity index (χ0) is 34.9. The molecule has 0 amide bonds. The van der Waals surface area contributed by atoms with E-state index >= 15 is 0 Å². The molecule has 0 unspecified atom stereocenters. The van der Waals surface area contributed by atoms with Crippen LogP contribution >= 0.6 is 0 Å². The van der Waals surface area contributed by atoms with Crippen LogP contribution in [0.3, 0.4) is 0 Å². The van der Waals surface area contributed by atoms with Crippen LogP contribution in [0.5, 0.6) is 0 Å². The minimum absolute atomic E-state index is 0.332. The second-order valence-electron chi connectivity index (χ2n) is 9.80. The molecule has 0 atom stereocenters. The van der Waals surface area contributed by atoms with Crippen LogP contribution in [0.2, 0.25) is 0 Å². The maximum Gasteiger partial charge on any atom is 0.303 e. The maximum absolute atomic E-state index is 10.3. The Bertz CT molecular complexity index is 470. The van der Waals surface area contributed by atoms with E-state index in [-0.39, 0.29) is 52.9 Å². The van der Waals surface area contributed by atoms with Crippen molar-refractivity contribution in [1.82, 2.24) is 0 Å². The maximum atomic E-state index is 10.3. The predicted octanol–water partition coefficient (Wildman–Crippen LogP) is -0.564. The molecule has 13 N–H and O–H groups in total. The zero-order valence-electron chi connectivity index (χ0n) is 26.7. The van der Waals surface area contributed by atoms with Crippen LogP contribution < -0.4 is 0 Å². The van der Waals surface area contributed by atoms with Crippen molar-refractivity contribution < 1.29 is 71.2 Å². The lowest BCUT2D eigenvalue weighted by Gasteiger charge is -1.99. The molecule has 0 fully saturated rings. The molecule has 0 spiro atoms. The summed E-state index contributed by atoms with van der Waals surface area (Å²) in [6.45, 7) is -0.658. The smallest absolute Gasteiger partial charge is 0.303 e. The van der Waals surface area contributed by atoms with E-state index in [4.69, 9.17) is 66.4 Å². The van der Waals surface area contributed by atoms with Gasteiger partial charge in [0.15, 0.2) is 0 Å². The number of allylic oxidation sites excluding steroid dienone is 2. The van der Waals surface area contributed by atoms with Gasteiger partial charge in [0, 0.05) is 6.42 Å². The fraction of sp³-hybridized carbons (Fsp3) is 0.900. The number of rotatable bonds is 23. The first kappa shape index (κ1) is 52.3. The number of carboxylic acids is 1. The van der Waals surface area contributed by atoms with Gasteiger partial charge >= 0.3 is 5.97 Å². The molecule has 0 saturated heterocycles. The van der Waals surface area contributed by atoms with Crippen LogP contribution in [0.15, 0.2) is 12.2 Å². The second kappa shape index (κ2) is 48.6. The van der Waals surface area contributed by atoms with Crippen LogP contribution in [0.4, 0.5) is 0 Å². The Morgan fingerprint density at radius 2 is 0.705 bits per heavy atom. The Labute approximate surface area is 263 Å². The van der Waals surface area contributed by atoms with E-state index in [2.05, 4.69) is 19.1 Å². The van der Waals surface area contributed by atoms with Gasteiger partial charge in [0.2, 0.25) is 0 Å². The van der Waals surface area contributed by atoms with E-state index in [0.717, 1.165) is 12.8 Å². The average Bonchev–Trinajstić information content (AvgIpc) is 3.05. The topological polar surface area (TPSA) is 280 Å². The Balaban J connectivity index is -0.000000171. The van der Waals surface area contributed by atoms with E-state index in [9.17, 15) is 4.79 Å². The van der Waals surface area contributed by atoms with Gasteiger partial charge < -0.3 is 66.4 Å². The standard InChI is InChI=1S/C18H34O2.4C3H8O3/c1-2-3-4-5-6-7-8-9-10-11-12-13-14-15-16-17-18(19)20;4*4-1-3(6)2-5/h9-10H,2-8,11-17H2,1H3,(H,19,20);4*3-6H,1-2H2. The summed E-state index contributed by atoms with van der Waals surface area (Å²) >= 11 is 0. The molecule has 0 aromatic carbocycles. The number of aliphatic hydroxyl groups excluding tert-OH is 12. The van der Waals surface area contributed by atoms with Crippen LogP contribution in [0, 0.1) is 0 Å². The molecule has 0 aromatic rings. The van der Waals surface area contributed by atoms with E-state index in [1.807, 2.05) is 0 Å². The molecule has 0 heterocycles. The molecule has 44 heavy (non-hydrogen) atoms. The summed E-state index contributed by atoms with van der Waals surface area (Å²) in [5.74, 6) is -0.664. The zero-order valence-corrected chi connectivity index (χ0v) is 26.7. The van der Waals surface area contributed by atoms with Gasteiger partial charge in [-0.05, 0) is 32.1 Å². The average molecular weight is 651 g/mol. The lowest BCUT2D eigenvalue weighted by molar-refractivity contribution is -0.137. The Morgan fingerprint density at radius 3 is 0.932 bits per heavy atom. The molecule has 270 valence electrons. The summed E-state index contributed by atoms with van der Waals surface area (Å²) in [6, 6.07) is 0. The van der Waals surface area contributed by atoms with E-state index < -0.39 is 30.4 Å². The minimum Gasteiger partial charge on any atom is -0.481 e. The van der Waals surface area contributed by atoms with Gasteiger partial charge in [-0.3, -0.25) is 4.79 Å². The molecule has 0 rings (SSSR count). The fourth-order valence-corrected chi connectivity index (χ4v) is 2.58. The van der Waals surface area contributed by atoms with Crippen molar-refractivity contribution in [2.24, 2.45) is 0 Å². The van der Waals surface area contributed by atoms with Crippen molar-refractivity contribution >= 4 is 5.97 Å². The molecule has 0 aromatic heterocycles. The Morgan fingerprint density at radius 1 is 0.455 bits per heavy atom. The first-order valence-corrected chi connectivity index (χ1v) is 15.5. The third-order valence-electron chi connectivity index (χ3n) is 5.34. The molecule has 0 aliphatic carbocycles. The quantitative estimate of drug-likeness (QED) is 0.0488. The summed E-state index contributed by atoms with van der Waals surface area (Å²) in [4.78, 5) is 10.3. The first-order valence-electron chi connectivity index (χ1n) is 15.5. The van der Waals surface area contributed by atoms with Crippen molar-refractivity contribution in [1.29, 1.82) is 0 Å². The molecule has 0 aliphatic heterocycles. The van der Waals surface area contributed by atoms with Crippen LogP contribution in [0.1, 0.15) is 96.8 Å². The summed E-state index contributed by atoms with van der Waals surface area (Å²) < 4.78 is 0. The largest absolute Gasteiger partial charge is 0.481 e. The summed E-state index contributed by atoms with van der Waals surface area (Å²) in [5, 5.41) is 105. The SMILES string of the molecule is CCCCCCCCC=CCCCCCCCC(=O)O.OCC(O)CO.OCC(O)CO.OCC(O)CO.OCC(O)CO. The second-order valence-corrected chi connectivity index (χ2v) is 9.80. The van der Waals surface area contributed by atoms with Crippen LogP contribution in [0.25, 0.3) is 0 Å². The number of carbonyl (C=O) groups is 1.